The van der Waals surface area contributed by atoms with Gasteiger partial charge in [0.15, 0.2) is 16.8 Å². The number of hydrogen-bond donors (Lipinski definition) is 1. The maximum Gasteiger partial charge on any atom is 0.416 e. The Morgan fingerprint density at radius 3 is 2.62 bits per heavy atom. The summed E-state index contributed by atoms with van der Waals surface area (Å²) in [7, 11) is 1.58. The Labute approximate surface area is 280 Å². The van der Waals surface area contributed by atoms with Crippen molar-refractivity contribution >= 4 is 34.1 Å². The lowest BCUT2D eigenvalue weighted by molar-refractivity contribution is -0.143. The van der Waals surface area contributed by atoms with E-state index in [1.165, 1.54) is 17.7 Å². The van der Waals surface area contributed by atoms with Crippen molar-refractivity contribution in [1.29, 1.82) is 0 Å². The lowest BCUT2D eigenvalue weighted by Gasteiger charge is -2.41. The summed E-state index contributed by atoms with van der Waals surface area (Å²) in [6, 6.07) is 2.55. The quantitative estimate of drug-likeness (QED) is 0.167. The SMILES string of the molecule is CCOC(=O)CCN1CCN(c2ncnc(Nc3nc(-c4cc(F)cc(C(F)(F)F)c4)c(CN4CCC[C@H]4CC)s3)c2F)C[C@H]1COC. The number of thiazole rings is 1. The minimum absolute atomic E-state index is 0.0114. The molecule has 10 nitrogen and oxygen atoms in total. The molecule has 0 bridgehead atoms. The van der Waals surface area contributed by atoms with Gasteiger partial charge in [-0.1, -0.05) is 18.3 Å². The van der Waals surface area contributed by atoms with Crippen molar-refractivity contribution in [3.8, 4) is 11.3 Å². The van der Waals surface area contributed by atoms with Crippen molar-refractivity contribution in [3.63, 3.8) is 0 Å². The average Bonchev–Trinajstić information content (AvgIpc) is 3.67. The second kappa shape index (κ2) is 15.8. The largest absolute Gasteiger partial charge is 0.466 e. The molecule has 3 aromatic rings. The van der Waals surface area contributed by atoms with Gasteiger partial charge in [0.25, 0.3) is 0 Å². The number of nitrogens with one attached hydrogen (secondary N) is 1. The zero-order valence-corrected chi connectivity index (χ0v) is 28.0. The maximum atomic E-state index is 16.0. The fourth-order valence-corrected chi connectivity index (χ4v) is 7.35. The molecular formula is C32H40F5N7O3S. The van der Waals surface area contributed by atoms with Crippen LogP contribution in [0.25, 0.3) is 11.3 Å². The molecule has 0 amide bonds. The van der Waals surface area contributed by atoms with Crippen LogP contribution >= 0.6 is 11.3 Å². The standard InChI is InChI=1S/C32H40F5N7O3S/c1-4-23-7-6-9-43(23)17-25-28(20-13-21(32(35,36)37)15-22(33)14-20)40-31(48-25)41-29-27(34)30(39-19-38-29)44-12-11-42(24(16-44)18-46-3)10-8-26(45)47-5-2/h13-15,19,23-24H,4-12,16-18H2,1-3H3,(H,38,39,40,41)/t23-,24+/m1/s1. The first-order chi connectivity index (χ1) is 23.0. The van der Waals surface area contributed by atoms with Gasteiger partial charge in [0.2, 0.25) is 5.82 Å². The lowest BCUT2D eigenvalue weighted by atomic mass is 10.1. The third kappa shape index (κ3) is 8.57. The zero-order valence-electron chi connectivity index (χ0n) is 27.2. The molecule has 5 rings (SSSR count). The summed E-state index contributed by atoms with van der Waals surface area (Å²) < 4.78 is 81.8. The van der Waals surface area contributed by atoms with Crippen molar-refractivity contribution < 1.29 is 36.2 Å². The van der Waals surface area contributed by atoms with E-state index in [0.717, 1.165) is 37.9 Å². The highest BCUT2D eigenvalue weighted by Gasteiger charge is 2.33. The molecule has 262 valence electrons. The fourth-order valence-electron chi connectivity index (χ4n) is 6.35. The first-order valence-electron chi connectivity index (χ1n) is 16.0. The number of hydrogen-bond acceptors (Lipinski definition) is 11. The molecule has 0 unspecified atom stereocenters. The number of ether oxygens (including phenoxy) is 2. The van der Waals surface area contributed by atoms with Gasteiger partial charge in [-0.25, -0.2) is 19.3 Å². The summed E-state index contributed by atoms with van der Waals surface area (Å²) in [6.07, 6.45) is -0.370. The number of methoxy groups -OCH3 is 1. The van der Waals surface area contributed by atoms with Crippen molar-refractivity contribution in [2.24, 2.45) is 0 Å². The van der Waals surface area contributed by atoms with Crippen molar-refractivity contribution in [1.82, 2.24) is 24.8 Å². The lowest BCUT2D eigenvalue weighted by Crippen LogP contribution is -2.55. The van der Waals surface area contributed by atoms with Gasteiger partial charge in [0.05, 0.1) is 36.9 Å². The number of anilines is 3. The molecule has 0 aliphatic carbocycles. The Balaban J connectivity index is 1.40. The molecule has 2 atom stereocenters. The second-order valence-corrected chi connectivity index (χ2v) is 12.9. The summed E-state index contributed by atoms with van der Waals surface area (Å²) >= 11 is 1.17. The molecule has 1 aromatic carbocycles. The molecule has 1 N–H and O–H groups in total. The zero-order chi connectivity index (χ0) is 34.4. The normalized spacial score (nSPS) is 19.2. The molecule has 2 fully saturated rings. The van der Waals surface area contributed by atoms with Gasteiger partial charge in [-0.15, -0.1) is 0 Å². The van der Waals surface area contributed by atoms with Crippen LogP contribution in [0, 0.1) is 11.6 Å². The number of nitrogens with zero attached hydrogens (tertiary/aromatic N) is 6. The van der Waals surface area contributed by atoms with E-state index in [1.807, 2.05) is 0 Å². The molecule has 2 saturated heterocycles. The van der Waals surface area contributed by atoms with Crippen LogP contribution in [0.15, 0.2) is 24.5 Å². The topological polar surface area (TPSA) is 96.0 Å². The van der Waals surface area contributed by atoms with Crippen LogP contribution in [0.5, 0.6) is 0 Å². The van der Waals surface area contributed by atoms with Crippen LogP contribution in [-0.2, 0) is 27.0 Å². The van der Waals surface area contributed by atoms with Crippen molar-refractivity contribution in [2.75, 3.05) is 63.3 Å². The van der Waals surface area contributed by atoms with Crippen LogP contribution < -0.4 is 10.2 Å². The van der Waals surface area contributed by atoms with Gasteiger partial charge in [0.1, 0.15) is 12.1 Å². The highest BCUT2D eigenvalue weighted by atomic mass is 32.1. The Bertz CT molecular complexity index is 1560. The predicted octanol–water partition coefficient (Wildman–Crippen LogP) is 6.11. The Morgan fingerprint density at radius 1 is 1.08 bits per heavy atom. The first-order valence-corrected chi connectivity index (χ1v) is 16.8. The van der Waals surface area contributed by atoms with Crippen LogP contribution in [0.1, 0.15) is 50.0 Å². The Morgan fingerprint density at radius 2 is 1.90 bits per heavy atom. The Hall–Kier alpha value is -3.47. The number of alkyl halides is 3. The van der Waals surface area contributed by atoms with E-state index in [9.17, 15) is 22.4 Å². The van der Waals surface area contributed by atoms with E-state index in [2.05, 4.69) is 37.0 Å². The number of carbonyl (C=O) groups is 1. The van der Waals surface area contributed by atoms with Gasteiger partial charge in [-0.2, -0.15) is 17.6 Å². The molecule has 2 aromatic heterocycles. The number of halogens is 5. The van der Waals surface area contributed by atoms with Crippen LogP contribution in [-0.4, -0.2) is 95.9 Å². The first kappa shape index (κ1) is 35.8. The molecule has 16 heteroatoms. The van der Waals surface area contributed by atoms with Gasteiger partial charge in [0, 0.05) is 56.3 Å². The molecular weight excluding hydrogens is 657 g/mol. The van der Waals surface area contributed by atoms with Crippen molar-refractivity contribution in [3.05, 3.63) is 46.6 Å². The minimum Gasteiger partial charge on any atom is -0.466 e. The molecule has 2 aliphatic heterocycles. The van der Waals surface area contributed by atoms with Crippen LogP contribution in [0.2, 0.25) is 0 Å². The number of rotatable bonds is 13. The highest BCUT2D eigenvalue weighted by molar-refractivity contribution is 7.16. The summed E-state index contributed by atoms with van der Waals surface area (Å²) in [5.74, 6) is -2.12. The third-order valence-corrected chi connectivity index (χ3v) is 9.64. The number of piperazine rings is 1. The van der Waals surface area contributed by atoms with Gasteiger partial charge < -0.3 is 19.7 Å². The molecule has 0 radical (unpaired) electrons. The molecule has 48 heavy (non-hydrogen) atoms. The summed E-state index contributed by atoms with van der Waals surface area (Å²) in [5.41, 5.74) is -0.925. The smallest absolute Gasteiger partial charge is 0.416 e. The van der Waals surface area contributed by atoms with E-state index >= 15 is 4.39 Å². The number of carbonyl (C=O) groups excluding carboxylic acids is 1. The summed E-state index contributed by atoms with van der Waals surface area (Å²) in [6.45, 7) is 7.54. The van der Waals surface area contributed by atoms with Crippen molar-refractivity contribution in [2.45, 2.75) is 64.3 Å². The van der Waals surface area contributed by atoms with Gasteiger partial charge in [-0.3, -0.25) is 14.6 Å². The van der Waals surface area contributed by atoms with Gasteiger partial charge in [-0.05, 0) is 50.9 Å². The average molecular weight is 698 g/mol. The maximum absolute atomic E-state index is 16.0. The molecule has 0 saturated carbocycles. The van der Waals surface area contributed by atoms with Crippen LogP contribution in [0.3, 0.4) is 0 Å². The highest BCUT2D eigenvalue weighted by Crippen LogP contribution is 2.39. The summed E-state index contributed by atoms with van der Waals surface area (Å²) in [4.78, 5) is 31.6. The van der Waals surface area contributed by atoms with E-state index in [4.69, 9.17) is 9.47 Å². The van der Waals surface area contributed by atoms with E-state index in [-0.39, 0.29) is 46.5 Å². The van der Waals surface area contributed by atoms with Gasteiger partial charge >= 0.3 is 12.1 Å². The second-order valence-electron chi connectivity index (χ2n) is 11.8. The van der Waals surface area contributed by atoms with E-state index < -0.39 is 23.4 Å². The molecule has 0 spiro atoms. The van der Waals surface area contributed by atoms with E-state index in [0.29, 0.717) is 62.9 Å². The number of likely N-dealkylation sites (tertiary alicyclic amines) is 1. The summed E-state index contributed by atoms with van der Waals surface area (Å²) in [5, 5.41) is 3.12. The monoisotopic (exact) mass is 697 g/mol. The fraction of sp³-hybridized carbons (Fsp3) is 0.562. The molecule has 2 aliphatic rings. The number of aromatic nitrogens is 3. The molecule has 4 heterocycles. The van der Waals surface area contributed by atoms with Crippen LogP contribution in [0.4, 0.5) is 38.7 Å². The predicted molar refractivity (Wildman–Crippen MR) is 172 cm³/mol. The number of benzene rings is 1. The van der Waals surface area contributed by atoms with E-state index in [1.54, 1.807) is 18.9 Å². The number of esters is 1. The third-order valence-electron chi connectivity index (χ3n) is 8.68. The Kier molecular flexibility index (Phi) is 11.8. The minimum atomic E-state index is -4.74.